The van der Waals surface area contributed by atoms with Crippen molar-refractivity contribution in [2.75, 3.05) is 20.7 Å². The third-order valence-corrected chi connectivity index (χ3v) is 1.35. The molecule has 0 atom stereocenters. The van der Waals surface area contributed by atoms with Crippen LogP contribution >= 0.6 is 0 Å². The zero-order chi connectivity index (χ0) is 9.40. The molecule has 0 aliphatic heterocycles. The first-order valence-corrected chi connectivity index (χ1v) is 4.16. The third kappa shape index (κ3) is 4.88. The van der Waals surface area contributed by atoms with E-state index in [1.54, 1.807) is 6.92 Å². The normalized spacial score (nSPS) is 9.08. The molecule has 0 heterocycles. The molecule has 12 heavy (non-hydrogen) atoms. The van der Waals surface area contributed by atoms with Gasteiger partial charge in [0.2, 0.25) is 0 Å². The monoisotopic (exact) mass is 167 g/mol. The van der Waals surface area contributed by atoms with Gasteiger partial charge in [0.15, 0.2) is 0 Å². The summed E-state index contributed by atoms with van der Waals surface area (Å²) < 4.78 is 0. The minimum atomic E-state index is 0. The lowest BCUT2D eigenvalue weighted by atomic mass is 10.3. The van der Waals surface area contributed by atoms with Crippen molar-refractivity contribution >= 4 is 5.69 Å². The van der Waals surface area contributed by atoms with Crippen molar-refractivity contribution in [1.82, 2.24) is 0 Å². The first-order valence-electron chi connectivity index (χ1n) is 4.16. The van der Waals surface area contributed by atoms with Crippen molar-refractivity contribution in [2.45, 2.75) is 6.92 Å². The molecule has 2 heteroatoms. The Hall–Kier alpha value is -0.860. The second-order valence-corrected chi connectivity index (χ2v) is 2.65. The molecule has 68 valence electrons. The number of hydrogen-bond acceptors (Lipinski definition) is 1. The van der Waals surface area contributed by atoms with Crippen LogP contribution in [0.4, 0.5) is 5.69 Å². The summed E-state index contributed by atoms with van der Waals surface area (Å²) in [6, 6.07) is 10.4. The summed E-state index contributed by atoms with van der Waals surface area (Å²) in [4.78, 5) is 1.37. The Morgan fingerprint density at radius 1 is 1.17 bits per heavy atom. The van der Waals surface area contributed by atoms with Crippen molar-refractivity contribution in [3.63, 3.8) is 0 Å². The van der Waals surface area contributed by atoms with Crippen molar-refractivity contribution in [2.24, 2.45) is 0 Å². The topological polar surface area (TPSA) is 27.5 Å². The Bertz CT molecular complexity index is 184. The highest BCUT2D eigenvalue weighted by atomic mass is 16.2. The first kappa shape index (κ1) is 11.1. The predicted octanol–water partition coefficient (Wildman–Crippen LogP) is -0.171. The van der Waals surface area contributed by atoms with Gasteiger partial charge in [0.05, 0.1) is 14.1 Å². The molecule has 0 spiro atoms. The standard InChI is InChI=1S/C8H11N.C2H5O/c1-9(2)8-6-4-3-5-7-8;1-2-3/h3-7H,1-2H3;2H2,1H3/q;-1/p+1. The summed E-state index contributed by atoms with van der Waals surface area (Å²) in [6.07, 6.45) is 0. The maximum atomic E-state index is 8.93. The van der Waals surface area contributed by atoms with Gasteiger partial charge in [-0.1, -0.05) is 25.1 Å². The number of rotatable bonds is 1. The highest BCUT2D eigenvalue weighted by molar-refractivity contribution is 5.27. The number of benzene rings is 1. The molecule has 0 saturated heterocycles. The van der Waals surface area contributed by atoms with Crippen LogP contribution in [-0.4, -0.2) is 20.7 Å². The molecule has 1 aromatic rings. The van der Waals surface area contributed by atoms with Crippen LogP contribution in [0.3, 0.4) is 0 Å². The van der Waals surface area contributed by atoms with E-state index in [0.29, 0.717) is 0 Å². The number of para-hydroxylation sites is 1. The fraction of sp³-hybridized carbons (Fsp3) is 0.400. The second-order valence-electron chi connectivity index (χ2n) is 2.65. The van der Waals surface area contributed by atoms with Gasteiger partial charge in [0.1, 0.15) is 5.69 Å². The van der Waals surface area contributed by atoms with E-state index in [1.165, 1.54) is 10.6 Å². The van der Waals surface area contributed by atoms with Crippen molar-refractivity contribution < 1.29 is 10.0 Å². The van der Waals surface area contributed by atoms with Gasteiger partial charge in [-0.2, -0.15) is 0 Å². The molecule has 1 N–H and O–H groups in total. The van der Waals surface area contributed by atoms with E-state index in [2.05, 4.69) is 38.4 Å². The van der Waals surface area contributed by atoms with Crippen LogP contribution in [0.25, 0.3) is 0 Å². The Labute approximate surface area is 74.5 Å². The predicted molar refractivity (Wildman–Crippen MR) is 49.5 cm³/mol. The lowest BCUT2D eigenvalue weighted by molar-refractivity contribution is -0.786. The fourth-order valence-electron chi connectivity index (χ4n) is 0.771. The molecule has 0 aliphatic carbocycles. The molecule has 1 aromatic carbocycles. The van der Waals surface area contributed by atoms with Gasteiger partial charge in [-0.05, 0) is 12.1 Å². The minimum absolute atomic E-state index is 0. The smallest absolute Gasteiger partial charge is 0.130 e. The molecule has 0 aliphatic rings. The van der Waals surface area contributed by atoms with Gasteiger partial charge in [-0.25, -0.2) is 0 Å². The summed E-state index contributed by atoms with van der Waals surface area (Å²) in [5.41, 5.74) is 1.33. The van der Waals surface area contributed by atoms with Gasteiger partial charge in [0.25, 0.3) is 0 Å². The maximum absolute atomic E-state index is 8.93. The van der Waals surface area contributed by atoms with Crippen LogP contribution in [0, 0.1) is 0 Å². The summed E-state index contributed by atoms with van der Waals surface area (Å²) in [5.74, 6) is 0. The van der Waals surface area contributed by atoms with Crippen LogP contribution in [-0.2, 0) is 0 Å². The number of quaternary nitrogens is 1. The molecule has 0 fully saturated rings. The van der Waals surface area contributed by atoms with Gasteiger partial charge >= 0.3 is 0 Å². The van der Waals surface area contributed by atoms with Crippen molar-refractivity contribution in [1.29, 1.82) is 0 Å². The fourth-order valence-corrected chi connectivity index (χ4v) is 0.771. The molecule has 2 nitrogen and oxygen atoms in total. The third-order valence-electron chi connectivity index (χ3n) is 1.35. The Morgan fingerprint density at radius 3 is 1.83 bits per heavy atom. The Morgan fingerprint density at radius 2 is 1.58 bits per heavy atom. The van der Waals surface area contributed by atoms with Crippen molar-refractivity contribution in [3.05, 3.63) is 30.3 Å². The van der Waals surface area contributed by atoms with E-state index in [-0.39, 0.29) is 6.61 Å². The Kier molecular flexibility index (Phi) is 6.34. The molecule has 0 bridgehead atoms. The van der Waals surface area contributed by atoms with Crippen LogP contribution < -0.4 is 10.0 Å². The van der Waals surface area contributed by atoms with Crippen LogP contribution in [0.2, 0.25) is 0 Å². The quantitative estimate of drug-likeness (QED) is 0.618. The van der Waals surface area contributed by atoms with Gasteiger partial charge in [-0.15, -0.1) is 6.61 Å². The number of nitrogens with one attached hydrogen (secondary N) is 1. The van der Waals surface area contributed by atoms with Gasteiger partial charge in [0, 0.05) is 0 Å². The van der Waals surface area contributed by atoms with E-state index in [1.807, 2.05) is 6.07 Å². The van der Waals surface area contributed by atoms with E-state index < -0.39 is 0 Å². The SMILES string of the molecule is CC[O-].C[NH+](C)c1ccccc1. The first-order chi connectivity index (χ1) is 5.72. The molecule has 0 amide bonds. The van der Waals surface area contributed by atoms with Crippen LogP contribution in [0.1, 0.15) is 6.92 Å². The van der Waals surface area contributed by atoms with Crippen LogP contribution in [0.15, 0.2) is 30.3 Å². The molecule has 1 rings (SSSR count). The highest BCUT2D eigenvalue weighted by Gasteiger charge is 1.93. The molecular weight excluding hydrogens is 150 g/mol. The van der Waals surface area contributed by atoms with E-state index in [0.717, 1.165) is 0 Å². The highest BCUT2D eigenvalue weighted by Crippen LogP contribution is 1.95. The summed E-state index contributed by atoms with van der Waals surface area (Å²) in [7, 11) is 4.24. The molecule has 0 unspecified atom stereocenters. The molecule has 0 radical (unpaired) electrons. The average molecular weight is 167 g/mol. The van der Waals surface area contributed by atoms with Gasteiger partial charge in [-0.3, -0.25) is 0 Å². The van der Waals surface area contributed by atoms with E-state index >= 15 is 0 Å². The summed E-state index contributed by atoms with van der Waals surface area (Å²) in [6.45, 7) is 1.57. The molecule has 0 saturated carbocycles. The zero-order valence-electron chi connectivity index (χ0n) is 8.00. The zero-order valence-corrected chi connectivity index (χ0v) is 8.00. The lowest BCUT2D eigenvalue weighted by Crippen LogP contribution is -3.00. The molecular formula is C10H17NO. The lowest BCUT2D eigenvalue weighted by Gasteiger charge is -2.03. The minimum Gasteiger partial charge on any atom is -0.855 e. The number of hydrogen-bond donors (Lipinski definition) is 1. The summed E-state index contributed by atoms with van der Waals surface area (Å²) >= 11 is 0. The van der Waals surface area contributed by atoms with Gasteiger partial charge < -0.3 is 10.0 Å². The largest absolute Gasteiger partial charge is 0.855 e. The second kappa shape index (κ2) is 6.83. The molecule has 0 aromatic heterocycles. The van der Waals surface area contributed by atoms with Crippen molar-refractivity contribution in [3.8, 4) is 0 Å². The van der Waals surface area contributed by atoms with E-state index in [4.69, 9.17) is 5.11 Å². The maximum Gasteiger partial charge on any atom is 0.130 e. The average Bonchev–Trinajstić information content (AvgIpc) is 2.07. The van der Waals surface area contributed by atoms with Crippen LogP contribution in [0.5, 0.6) is 0 Å². The Balaban J connectivity index is 0.000000354. The van der Waals surface area contributed by atoms with E-state index in [9.17, 15) is 0 Å². The summed E-state index contributed by atoms with van der Waals surface area (Å²) in [5, 5.41) is 8.93.